The second kappa shape index (κ2) is 7.19. The van der Waals surface area contributed by atoms with Gasteiger partial charge in [0.25, 0.3) is 5.91 Å². The van der Waals surface area contributed by atoms with E-state index in [0.717, 1.165) is 10.9 Å². The molecule has 0 bridgehead atoms. The first kappa shape index (κ1) is 19.2. The van der Waals surface area contributed by atoms with Crippen molar-refractivity contribution in [2.45, 2.75) is 39.3 Å². The lowest BCUT2D eigenvalue weighted by Gasteiger charge is -2.55. The van der Waals surface area contributed by atoms with Crippen LogP contribution in [0.5, 0.6) is 5.75 Å². The average molecular weight is 425 g/mol. The van der Waals surface area contributed by atoms with E-state index in [9.17, 15) is 9.59 Å². The minimum absolute atomic E-state index is 0.0131. The van der Waals surface area contributed by atoms with Crippen molar-refractivity contribution in [1.82, 2.24) is 4.90 Å². The van der Waals surface area contributed by atoms with Gasteiger partial charge < -0.3 is 14.4 Å². The molecule has 1 aromatic rings. The molecule has 0 radical (unpaired) electrons. The molecule has 0 saturated heterocycles. The quantitative estimate of drug-likeness (QED) is 0.728. The van der Waals surface area contributed by atoms with Crippen LogP contribution in [-0.4, -0.2) is 55.7 Å². The number of ether oxygens (including phenoxy) is 2. The summed E-state index contributed by atoms with van der Waals surface area (Å²) < 4.78 is 12.1. The van der Waals surface area contributed by atoms with Crippen molar-refractivity contribution in [1.29, 1.82) is 0 Å². The molecule has 1 heterocycles. The largest absolute Gasteiger partial charge is 0.482 e. The molecule has 7 heteroatoms. The van der Waals surface area contributed by atoms with Crippen molar-refractivity contribution < 1.29 is 19.1 Å². The maximum Gasteiger partial charge on any atom is 0.265 e. The van der Waals surface area contributed by atoms with Crippen LogP contribution in [0.25, 0.3) is 0 Å². The Balaban J connectivity index is 1.71. The zero-order valence-electron chi connectivity index (χ0n) is 15.6. The fourth-order valence-electron chi connectivity index (χ4n) is 3.78. The minimum atomic E-state index is -0.207. The van der Waals surface area contributed by atoms with Crippen LogP contribution < -0.4 is 9.64 Å². The van der Waals surface area contributed by atoms with Gasteiger partial charge >= 0.3 is 0 Å². The normalized spacial score (nSPS) is 23.7. The first-order valence-electron chi connectivity index (χ1n) is 8.85. The molecule has 3 rings (SSSR count). The summed E-state index contributed by atoms with van der Waals surface area (Å²) in [5, 5.41) is 0. The smallest absolute Gasteiger partial charge is 0.265 e. The number of rotatable bonds is 5. The molecular weight excluding hydrogens is 400 g/mol. The molecule has 0 spiro atoms. The number of carbonyl (C=O) groups is 2. The van der Waals surface area contributed by atoms with E-state index in [4.69, 9.17) is 9.47 Å². The Bertz CT molecular complexity index is 721. The van der Waals surface area contributed by atoms with Crippen LogP contribution in [0.3, 0.4) is 0 Å². The Hall–Kier alpha value is -1.60. The third-order valence-corrected chi connectivity index (χ3v) is 6.01. The molecule has 2 amide bonds. The molecule has 0 unspecified atom stereocenters. The maximum atomic E-state index is 12.9. The number of likely N-dealkylation sites (N-methyl/N-ethyl adjacent to an activating group) is 1. The number of carbonyl (C=O) groups excluding carboxylic acids is 2. The SMILES string of the molecule is CCO[C@@H]1C[C@H](N(C)C(=O)CN2C(=O)COc3cc(Br)ccc32)C1(C)C. The first-order valence-corrected chi connectivity index (χ1v) is 9.65. The van der Waals surface area contributed by atoms with E-state index in [1.54, 1.807) is 11.0 Å². The van der Waals surface area contributed by atoms with Gasteiger partial charge in [-0.15, -0.1) is 0 Å². The molecule has 1 saturated carbocycles. The molecular formula is C19H25BrN2O4. The summed E-state index contributed by atoms with van der Waals surface area (Å²) in [5.74, 6) is 0.318. The molecule has 1 aromatic carbocycles. The van der Waals surface area contributed by atoms with Crippen LogP contribution in [0.2, 0.25) is 0 Å². The molecule has 1 aliphatic carbocycles. The van der Waals surface area contributed by atoms with E-state index in [1.807, 2.05) is 26.1 Å². The first-order chi connectivity index (χ1) is 12.3. The Morgan fingerprint density at radius 1 is 1.46 bits per heavy atom. The molecule has 2 atom stereocenters. The zero-order valence-corrected chi connectivity index (χ0v) is 17.2. The van der Waals surface area contributed by atoms with Crippen molar-refractivity contribution in [3.8, 4) is 5.75 Å². The van der Waals surface area contributed by atoms with Crippen LogP contribution in [0.15, 0.2) is 22.7 Å². The zero-order chi connectivity index (χ0) is 19.1. The lowest BCUT2D eigenvalue weighted by molar-refractivity contribution is -0.162. The summed E-state index contributed by atoms with van der Waals surface area (Å²) >= 11 is 3.40. The Morgan fingerprint density at radius 2 is 2.19 bits per heavy atom. The van der Waals surface area contributed by atoms with Crippen molar-refractivity contribution in [2.75, 3.05) is 31.7 Å². The average Bonchev–Trinajstić information content (AvgIpc) is 2.60. The van der Waals surface area contributed by atoms with E-state index in [2.05, 4.69) is 29.8 Å². The summed E-state index contributed by atoms with van der Waals surface area (Å²) in [7, 11) is 1.81. The number of anilines is 1. The maximum absolute atomic E-state index is 12.9. The topological polar surface area (TPSA) is 59.1 Å². The van der Waals surface area contributed by atoms with Gasteiger partial charge in [0.15, 0.2) is 6.61 Å². The molecule has 0 aromatic heterocycles. The molecule has 1 aliphatic heterocycles. The lowest BCUT2D eigenvalue weighted by atomic mass is 9.64. The minimum Gasteiger partial charge on any atom is -0.482 e. The lowest BCUT2D eigenvalue weighted by Crippen LogP contribution is -2.63. The van der Waals surface area contributed by atoms with Crippen LogP contribution in [0.4, 0.5) is 5.69 Å². The molecule has 6 nitrogen and oxygen atoms in total. The van der Waals surface area contributed by atoms with Crippen molar-refractivity contribution in [2.24, 2.45) is 5.41 Å². The monoisotopic (exact) mass is 424 g/mol. The molecule has 2 aliphatic rings. The summed E-state index contributed by atoms with van der Waals surface area (Å²) in [4.78, 5) is 28.4. The van der Waals surface area contributed by atoms with Crippen LogP contribution in [0.1, 0.15) is 27.2 Å². The molecule has 1 fully saturated rings. The van der Waals surface area contributed by atoms with Crippen LogP contribution >= 0.6 is 15.9 Å². The van der Waals surface area contributed by atoms with Gasteiger partial charge in [-0.05, 0) is 31.5 Å². The third kappa shape index (κ3) is 3.34. The standard InChI is InChI=1S/C19H25BrN2O4/c1-5-25-16-9-15(19(16,2)3)21(4)17(23)10-22-13-7-6-12(20)8-14(13)26-11-18(22)24/h6-8,15-16H,5,9-11H2,1-4H3/t15-,16+/m0/s1. The predicted molar refractivity (Wildman–Crippen MR) is 102 cm³/mol. The molecule has 0 N–H and O–H groups in total. The summed E-state index contributed by atoms with van der Waals surface area (Å²) in [6.07, 6.45) is 0.986. The second-order valence-corrected chi connectivity index (χ2v) is 8.32. The number of fused-ring (bicyclic) bond motifs is 1. The summed E-state index contributed by atoms with van der Waals surface area (Å²) in [6, 6.07) is 5.54. The van der Waals surface area contributed by atoms with Gasteiger partial charge in [-0.1, -0.05) is 29.8 Å². The highest BCUT2D eigenvalue weighted by Crippen LogP contribution is 2.45. The number of nitrogens with zero attached hydrogens (tertiary/aromatic N) is 2. The summed E-state index contributed by atoms with van der Waals surface area (Å²) in [6.45, 7) is 6.86. The van der Waals surface area contributed by atoms with E-state index in [0.29, 0.717) is 18.0 Å². The van der Waals surface area contributed by atoms with Gasteiger partial charge in [0.1, 0.15) is 12.3 Å². The Morgan fingerprint density at radius 3 is 2.85 bits per heavy atom. The molecule has 142 valence electrons. The fraction of sp³-hybridized carbons (Fsp3) is 0.579. The van der Waals surface area contributed by atoms with E-state index in [1.165, 1.54) is 4.90 Å². The van der Waals surface area contributed by atoms with Gasteiger partial charge in [0.2, 0.25) is 5.91 Å². The van der Waals surface area contributed by atoms with Gasteiger partial charge in [-0.25, -0.2) is 0 Å². The van der Waals surface area contributed by atoms with E-state index >= 15 is 0 Å². The summed E-state index contributed by atoms with van der Waals surface area (Å²) in [5.41, 5.74) is 0.532. The highest BCUT2D eigenvalue weighted by Gasteiger charge is 2.51. The van der Waals surface area contributed by atoms with Crippen molar-refractivity contribution >= 4 is 33.4 Å². The van der Waals surface area contributed by atoms with Crippen molar-refractivity contribution in [3.05, 3.63) is 22.7 Å². The van der Waals surface area contributed by atoms with Gasteiger partial charge in [0.05, 0.1) is 11.8 Å². The number of amides is 2. The van der Waals surface area contributed by atoms with Crippen molar-refractivity contribution in [3.63, 3.8) is 0 Å². The predicted octanol–water partition coefficient (Wildman–Crippen LogP) is 2.84. The Labute approximate surface area is 162 Å². The van der Waals surface area contributed by atoms with Gasteiger partial charge in [-0.3, -0.25) is 14.5 Å². The van der Waals surface area contributed by atoms with Gasteiger partial charge in [-0.2, -0.15) is 0 Å². The van der Waals surface area contributed by atoms with Gasteiger partial charge in [0, 0.05) is 29.6 Å². The number of benzene rings is 1. The fourth-order valence-corrected chi connectivity index (χ4v) is 4.12. The second-order valence-electron chi connectivity index (χ2n) is 7.40. The van der Waals surface area contributed by atoms with E-state index in [-0.39, 0.29) is 42.5 Å². The number of hydrogen-bond donors (Lipinski definition) is 0. The van der Waals surface area contributed by atoms with Crippen LogP contribution in [0, 0.1) is 5.41 Å². The number of halogens is 1. The Kier molecular flexibility index (Phi) is 5.30. The highest BCUT2D eigenvalue weighted by molar-refractivity contribution is 9.10. The highest BCUT2D eigenvalue weighted by atomic mass is 79.9. The third-order valence-electron chi connectivity index (χ3n) is 5.51. The van der Waals surface area contributed by atoms with E-state index < -0.39 is 0 Å². The van der Waals surface area contributed by atoms with Crippen LogP contribution in [-0.2, 0) is 14.3 Å². The number of hydrogen-bond acceptors (Lipinski definition) is 4. The molecule has 26 heavy (non-hydrogen) atoms.